The zero-order chi connectivity index (χ0) is 12.3. The third kappa shape index (κ3) is 3.87. The topological polar surface area (TPSA) is 21.6 Å². The second-order valence-electron chi connectivity index (χ2n) is 4.32. The van der Waals surface area contributed by atoms with Crippen LogP contribution in [-0.4, -0.2) is 18.5 Å². The molecule has 0 spiro atoms. The second kappa shape index (κ2) is 4.89. The first-order valence-electron chi connectivity index (χ1n) is 5.25. The monoisotopic (exact) mass is 235 g/mol. The molecule has 0 aromatic rings. The maximum absolute atomic E-state index is 12.0. The minimum absolute atomic E-state index is 0.0303. The highest BCUT2D eigenvalue weighted by atomic mass is 19.4. The summed E-state index contributed by atoms with van der Waals surface area (Å²) < 4.78 is 40.6. The van der Waals surface area contributed by atoms with E-state index in [1.165, 1.54) is 6.20 Å². The third-order valence-corrected chi connectivity index (χ3v) is 2.43. The first-order valence-corrected chi connectivity index (χ1v) is 5.25. The molecule has 5 heteroatoms. The zero-order valence-corrected chi connectivity index (χ0v) is 9.64. The van der Waals surface area contributed by atoms with Crippen molar-refractivity contribution in [1.82, 2.24) is 0 Å². The van der Waals surface area contributed by atoms with E-state index in [1.54, 1.807) is 0 Å². The molecule has 0 amide bonds. The molecule has 1 atom stereocenters. The summed E-state index contributed by atoms with van der Waals surface area (Å²) in [5.41, 5.74) is 1.01. The van der Waals surface area contributed by atoms with Gasteiger partial charge in [-0.3, -0.25) is 4.99 Å². The molecule has 1 aliphatic heterocycles. The molecule has 1 unspecified atom stereocenters. The molecule has 0 aliphatic carbocycles. The molecule has 1 rings (SSSR count). The Morgan fingerprint density at radius 3 is 2.56 bits per heavy atom. The lowest BCUT2D eigenvalue weighted by Gasteiger charge is -2.23. The van der Waals surface area contributed by atoms with Gasteiger partial charge in [-0.25, -0.2) is 0 Å². The maximum Gasteiger partial charge on any atom is 0.422 e. The van der Waals surface area contributed by atoms with Crippen molar-refractivity contribution in [2.75, 3.05) is 6.61 Å². The first kappa shape index (κ1) is 13.1. The maximum atomic E-state index is 12.0. The van der Waals surface area contributed by atoms with Crippen molar-refractivity contribution in [2.45, 2.75) is 33.4 Å². The van der Waals surface area contributed by atoms with E-state index in [4.69, 9.17) is 4.74 Å². The summed E-state index contributed by atoms with van der Waals surface area (Å²) in [5, 5.41) is 0. The Hall–Kier alpha value is -1.00. The molecule has 16 heavy (non-hydrogen) atoms. The summed E-state index contributed by atoms with van der Waals surface area (Å²) >= 11 is 0. The summed E-state index contributed by atoms with van der Waals surface area (Å²) in [7, 11) is 0. The van der Waals surface area contributed by atoms with Crippen molar-refractivity contribution in [2.24, 2.45) is 16.8 Å². The average Bonchev–Trinajstić information content (AvgIpc) is 2.14. The Morgan fingerprint density at radius 1 is 1.50 bits per heavy atom. The third-order valence-electron chi connectivity index (χ3n) is 2.43. The number of rotatable bonds is 3. The van der Waals surface area contributed by atoms with Crippen LogP contribution in [0.25, 0.3) is 0 Å². The lowest BCUT2D eigenvalue weighted by molar-refractivity contribution is -0.166. The highest BCUT2D eigenvalue weighted by Gasteiger charge is 2.30. The predicted octanol–water partition coefficient (Wildman–Crippen LogP) is 3.54. The van der Waals surface area contributed by atoms with Crippen molar-refractivity contribution < 1.29 is 17.9 Å². The largest absolute Gasteiger partial charge is 0.487 e. The van der Waals surface area contributed by atoms with Crippen molar-refractivity contribution in [3.05, 3.63) is 12.0 Å². The standard InChI is InChI=1S/C11H16F3NO/c1-7(2)9-4-8(3)10(5-15-9)16-6-11(12,13)14/h5,7-8H,4,6H2,1-3H3. The van der Waals surface area contributed by atoms with Gasteiger partial charge in [0.1, 0.15) is 5.76 Å². The van der Waals surface area contributed by atoms with Gasteiger partial charge in [0.25, 0.3) is 0 Å². The lowest BCUT2D eigenvalue weighted by Crippen LogP contribution is -2.22. The van der Waals surface area contributed by atoms with Crippen LogP contribution in [0.15, 0.2) is 17.0 Å². The van der Waals surface area contributed by atoms with Crippen molar-refractivity contribution >= 4 is 5.71 Å². The van der Waals surface area contributed by atoms with Gasteiger partial charge in [0, 0.05) is 11.6 Å². The molecule has 0 radical (unpaired) electrons. The van der Waals surface area contributed by atoms with Gasteiger partial charge in [0.15, 0.2) is 6.61 Å². The molecule has 0 bridgehead atoms. The number of ether oxygens (including phenoxy) is 1. The van der Waals surface area contributed by atoms with E-state index in [1.807, 2.05) is 20.8 Å². The van der Waals surface area contributed by atoms with Gasteiger partial charge in [-0.1, -0.05) is 20.8 Å². The molecule has 0 saturated heterocycles. The van der Waals surface area contributed by atoms with E-state index >= 15 is 0 Å². The van der Waals surface area contributed by atoms with Crippen molar-refractivity contribution in [3.63, 3.8) is 0 Å². The molecule has 0 aromatic carbocycles. The highest BCUT2D eigenvalue weighted by molar-refractivity contribution is 5.87. The first-order chi connectivity index (χ1) is 7.29. The van der Waals surface area contributed by atoms with Crippen LogP contribution >= 0.6 is 0 Å². The number of aliphatic imine (C=N–C) groups is 1. The van der Waals surface area contributed by atoms with Gasteiger partial charge in [-0.2, -0.15) is 13.2 Å². The fraction of sp³-hybridized carbons (Fsp3) is 0.727. The van der Waals surface area contributed by atoms with Gasteiger partial charge >= 0.3 is 6.18 Å². The molecule has 0 aromatic heterocycles. The molecular weight excluding hydrogens is 219 g/mol. The van der Waals surface area contributed by atoms with Crippen LogP contribution in [-0.2, 0) is 4.74 Å². The Morgan fingerprint density at radius 2 is 2.12 bits per heavy atom. The summed E-state index contributed by atoms with van der Waals surface area (Å²) in [5.74, 6) is 0.613. The number of alkyl halides is 3. The lowest BCUT2D eigenvalue weighted by atomic mass is 9.94. The van der Waals surface area contributed by atoms with Gasteiger partial charge in [-0.15, -0.1) is 0 Å². The highest BCUT2D eigenvalue weighted by Crippen LogP contribution is 2.26. The van der Waals surface area contributed by atoms with E-state index in [9.17, 15) is 13.2 Å². The van der Waals surface area contributed by atoms with Gasteiger partial charge in [0.2, 0.25) is 0 Å². The normalized spacial score (nSPS) is 21.8. The predicted molar refractivity (Wildman–Crippen MR) is 56.1 cm³/mol. The van der Waals surface area contributed by atoms with Crippen LogP contribution in [0.1, 0.15) is 27.2 Å². The summed E-state index contributed by atoms with van der Waals surface area (Å²) in [6.07, 6.45) is -2.21. The average molecular weight is 235 g/mol. The van der Waals surface area contributed by atoms with E-state index in [0.717, 1.165) is 5.71 Å². The van der Waals surface area contributed by atoms with Crippen LogP contribution in [0.3, 0.4) is 0 Å². The number of hydrogen-bond donors (Lipinski definition) is 0. The summed E-state index contributed by atoms with van der Waals surface area (Å²) in [6, 6.07) is 0. The fourth-order valence-corrected chi connectivity index (χ4v) is 1.47. The van der Waals surface area contributed by atoms with Crippen molar-refractivity contribution in [3.8, 4) is 0 Å². The van der Waals surface area contributed by atoms with Gasteiger partial charge in [-0.05, 0) is 12.3 Å². The fourth-order valence-electron chi connectivity index (χ4n) is 1.47. The Bertz CT molecular complexity index is 305. The minimum Gasteiger partial charge on any atom is -0.487 e. The van der Waals surface area contributed by atoms with E-state index in [-0.39, 0.29) is 5.92 Å². The molecule has 2 nitrogen and oxygen atoms in total. The molecule has 1 aliphatic rings. The van der Waals surface area contributed by atoms with Crippen LogP contribution < -0.4 is 0 Å². The van der Waals surface area contributed by atoms with E-state index in [0.29, 0.717) is 18.1 Å². The Kier molecular flexibility index (Phi) is 3.99. The molecule has 0 saturated carbocycles. The van der Waals surface area contributed by atoms with Crippen LogP contribution in [0, 0.1) is 11.8 Å². The molecule has 1 heterocycles. The molecule has 0 N–H and O–H groups in total. The summed E-state index contributed by atoms with van der Waals surface area (Å²) in [6.45, 7) is 4.64. The van der Waals surface area contributed by atoms with Crippen molar-refractivity contribution in [1.29, 1.82) is 0 Å². The second-order valence-corrected chi connectivity index (χ2v) is 4.32. The minimum atomic E-state index is -4.29. The quantitative estimate of drug-likeness (QED) is 0.733. The Labute approximate surface area is 93.2 Å². The van der Waals surface area contributed by atoms with E-state index < -0.39 is 12.8 Å². The van der Waals surface area contributed by atoms with Crippen LogP contribution in [0.2, 0.25) is 0 Å². The molecular formula is C11H16F3NO. The van der Waals surface area contributed by atoms with Crippen LogP contribution in [0.4, 0.5) is 13.2 Å². The Balaban J connectivity index is 2.61. The number of hydrogen-bond acceptors (Lipinski definition) is 2. The van der Waals surface area contributed by atoms with Gasteiger partial charge in [0.05, 0.1) is 6.20 Å². The SMILES string of the molecule is CC(C)C1=NC=C(OCC(F)(F)F)C(C)C1. The summed E-state index contributed by atoms with van der Waals surface area (Å²) in [4.78, 5) is 4.12. The van der Waals surface area contributed by atoms with Gasteiger partial charge < -0.3 is 4.74 Å². The van der Waals surface area contributed by atoms with Crippen LogP contribution in [0.5, 0.6) is 0 Å². The number of nitrogens with zero attached hydrogens (tertiary/aromatic N) is 1. The zero-order valence-electron chi connectivity index (χ0n) is 9.64. The van der Waals surface area contributed by atoms with E-state index in [2.05, 4.69) is 4.99 Å². The number of halogens is 3. The number of allylic oxidation sites excluding steroid dienone is 1. The smallest absolute Gasteiger partial charge is 0.422 e. The molecule has 0 fully saturated rings. The molecule has 92 valence electrons.